The number of hydrogen-bond donors (Lipinski definition) is 5. The number of carboxylic acids is 1. The third-order valence-corrected chi connectivity index (χ3v) is 4.10. The van der Waals surface area contributed by atoms with Crippen LogP contribution in [0.4, 0.5) is 0 Å². The van der Waals surface area contributed by atoms with Gasteiger partial charge in [0.1, 0.15) is 35.7 Å². The fourth-order valence-electron chi connectivity index (χ4n) is 2.74. The Bertz CT molecular complexity index is 810. The number of aliphatic hydroxyl groups excluding tert-OH is 4. The predicted octanol–water partition coefficient (Wildman–Crippen LogP) is -0.291. The molecule has 1 aromatic heterocycles. The normalized spacial score (nSPS) is 29.3. The second kappa shape index (κ2) is 7.44. The van der Waals surface area contributed by atoms with Gasteiger partial charge in [0, 0.05) is 11.6 Å². The molecule has 0 radical (unpaired) electrons. The zero-order valence-corrected chi connectivity index (χ0v) is 13.4. The first-order valence-corrected chi connectivity index (χ1v) is 7.80. The van der Waals surface area contributed by atoms with Gasteiger partial charge in [0.15, 0.2) is 0 Å². The Morgan fingerprint density at radius 2 is 1.92 bits per heavy atom. The molecule has 9 heteroatoms. The average Bonchev–Trinajstić information content (AvgIpc) is 3.10. The molecule has 140 valence electrons. The number of aliphatic carboxylic acids is 1. The van der Waals surface area contributed by atoms with Crippen molar-refractivity contribution in [3.8, 4) is 5.75 Å². The number of furan rings is 1. The topological polar surface area (TPSA) is 150 Å². The second-order valence-corrected chi connectivity index (χ2v) is 5.80. The summed E-state index contributed by atoms with van der Waals surface area (Å²) >= 11 is 0. The van der Waals surface area contributed by atoms with Gasteiger partial charge in [-0.2, -0.15) is 0 Å². The number of carbonyl (C=O) groups is 1. The molecule has 0 aliphatic carbocycles. The third kappa shape index (κ3) is 3.43. The van der Waals surface area contributed by atoms with Crippen LogP contribution < -0.4 is 4.74 Å². The van der Waals surface area contributed by atoms with Crippen molar-refractivity contribution >= 4 is 23.0 Å². The number of aliphatic hydroxyl groups is 4. The highest BCUT2D eigenvalue weighted by atomic mass is 16.7. The van der Waals surface area contributed by atoms with E-state index in [1.807, 2.05) is 0 Å². The summed E-state index contributed by atoms with van der Waals surface area (Å²) in [7, 11) is 0. The zero-order chi connectivity index (χ0) is 18.8. The van der Waals surface area contributed by atoms with Crippen molar-refractivity contribution in [3.63, 3.8) is 0 Å². The molecule has 1 aliphatic heterocycles. The van der Waals surface area contributed by atoms with Gasteiger partial charge in [-0.1, -0.05) is 0 Å². The van der Waals surface area contributed by atoms with Crippen molar-refractivity contribution in [1.82, 2.24) is 0 Å². The Kier molecular flexibility index (Phi) is 5.25. The molecule has 1 saturated heterocycles. The number of hydrogen-bond acceptors (Lipinski definition) is 8. The number of fused-ring (bicyclic) bond motifs is 1. The van der Waals surface area contributed by atoms with E-state index in [0.717, 1.165) is 6.08 Å². The molecule has 1 aromatic carbocycles. The molecule has 2 heterocycles. The van der Waals surface area contributed by atoms with Crippen molar-refractivity contribution in [2.45, 2.75) is 30.7 Å². The van der Waals surface area contributed by atoms with E-state index in [2.05, 4.69) is 0 Å². The lowest BCUT2D eigenvalue weighted by Gasteiger charge is -2.39. The number of benzene rings is 1. The SMILES string of the molecule is O=C(O)C=Cc1ccc2occc2c1O[C@@H]1O[C@H](CO)[C@@H](O)[C@H](O)[C@H]1O. The van der Waals surface area contributed by atoms with Crippen molar-refractivity contribution < 1.29 is 44.2 Å². The molecule has 1 fully saturated rings. The van der Waals surface area contributed by atoms with Crippen molar-refractivity contribution in [2.24, 2.45) is 0 Å². The van der Waals surface area contributed by atoms with E-state index in [-0.39, 0.29) is 5.75 Å². The molecule has 2 aromatic rings. The van der Waals surface area contributed by atoms with E-state index in [1.54, 1.807) is 18.2 Å². The Morgan fingerprint density at radius 3 is 2.62 bits per heavy atom. The minimum absolute atomic E-state index is 0.165. The highest BCUT2D eigenvalue weighted by molar-refractivity contribution is 5.91. The van der Waals surface area contributed by atoms with Crippen LogP contribution in [0.2, 0.25) is 0 Å². The van der Waals surface area contributed by atoms with Gasteiger partial charge in [-0.3, -0.25) is 0 Å². The molecular weight excluding hydrogens is 348 g/mol. The van der Waals surface area contributed by atoms with Gasteiger partial charge in [0.2, 0.25) is 6.29 Å². The van der Waals surface area contributed by atoms with Crippen molar-refractivity contribution in [3.05, 3.63) is 36.1 Å². The number of carboxylic acid groups (broad SMARTS) is 1. The maximum Gasteiger partial charge on any atom is 0.328 e. The summed E-state index contributed by atoms with van der Waals surface area (Å²) in [4.78, 5) is 10.8. The maximum absolute atomic E-state index is 10.8. The van der Waals surface area contributed by atoms with E-state index in [9.17, 15) is 25.2 Å². The standard InChI is InChI=1S/C17H18O9/c18-7-11-13(21)14(22)15(23)17(25-11)26-16-8(2-4-12(19)20)1-3-10-9(16)5-6-24-10/h1-6,11,13-15,17-18,21-23H,7H2,(H,19,20)/t11-,13-,14+,15-,17+/m1/s1. The summed E-state index contributed by atoms with van der Waals surface area (Å²) in [5.74, 6) is -0.992. The van der Waals surface area contributed by atoms with E-state index in [4.69, 9.17) is 19.0 Å². The molecule has 0 bridgehead atoms. The summed E-state index contributed by atoms with van der Waals surface area (Å²) < 4.78 is 16.3. The maximum atomic E-state index is 10.8. The molecule has 0 amide bonds. The Morgan fingerprint density at radius 1 is 1.15 bits per heavy atom. The largest absolute Gasteiger partial charge is 0.478 e. The van der Waals surface area contributed by atoms with Crippen LogP contribution in [0.1, 0.15) is 5.56 Å². The Labute approximate surface area is 147 Å². The summed E-state index contributed by atoms with van der Waals surface area (Å²) in [6, 6.07) is 4.77. The van der Waals surface area contributed by atoms with Gasteiger partial charge in [-0.05, 0) is 24.3 Å². The van der Waals surface area contributed by atoms with Gasteiger partial charge in [-0.25, -0.2) is 4.79 Å². The molecule has 5 N–H and O–H groups in total. The molecule has 26 heavy (non-hydrogen) atoms. The Balaban J connectivity index is 1.97. The van der Waals surface area contributed by atoms with Gasteiger partial charge >= 0.3 is 5.97 Å². The number of rotatable bonds is 5. The van der Waals surface area contributed by atoms with E-state index >= 15 is 0 Å². The molecule has 1 aliphatic rings. The molecule has 3 rings (SSSR count). The first-order chi connectivity index (χ1) is 12.4. The second-order valence-electron chi connectivity index (χ2n) is 5.80. The van der Waals surface area contributed by atoms with Crippen LogP contribution in [0.3, 0.4) is 0 Å². The molecule has 0 spiro atoms. The minimum atomic E-state index is -1.59. The van der Waals surface area contributed by atoms with Crippen LogP contribution in [0.25, 0.3) is 17.0 Å². The summed E-state index contributed by atoms with van der Waals surface area (Å²) in [5, 5.41) is 48.5. The van der Waals surface area contributed by atoms with E-state index < -0.39 is 43.3 Å². The first-order valence-electron chi connectivity index (χ1n) is 7.80. The monoisotopic (exact) mass is 366 g/mol. The number of ether oxygens (including phenoxy) is 2. The van der Waals surface area contributed by atoms with Crippen LogP contribution in [0.15, 0.2) is 35.0 Å². The van der Waals surface area contributed by atoms with Gasteiger partial charge < -0.3 is 39.4 Å². The summed E-state index contributed by atoms with van der Waals surface area (Å²) in [6.07, 6.45) is -3.59. The lowest BCUT2D eigenvalue weighted by atomic mass is 9.99. The fraction of sp³-hybridized carbons (Fsp3) is 0.353. The van der Waals surface area contributed by atoms with Gasteiger partial charge in [0.25, 0.3) is 0 Å². The quantitative estimate of drug-likeness (QED) is 0.450. The van der Waals surface area contributed by atoms with E-state index in [0.29, 0.717) is 16.5 Å². The first kappa shape index (κ1) is 18.4. The molecule has 0 saturated carbocycles. The fourth-order valence-corrected chi connectivity index (χ4v) is 2.74. The highest BCUT2D eigenvalue weighted by Gasteiger charge is 2.45. The third-order valence-electron chi connectivity index (χ3n) is 4.10. The van der Waals surface area contributed by atoms with Gasteiger partial charge in [0.05, 0.1) is 18.3 Å². The average molecular weight is 366 g/mol. The van der Waals surface area contributed by atoms with Gasteiger partial charge in [-0.15, -0.1) is 0 Å². The van der Waals surface area contributed by atoms with Crippen LogP contribution in [-0.4, -0.2) is 68.8 Å². The molecule has 9 nitrogen and oxygen atoms in total. The van der Waals surface area contributed by atoms with Crippen LogP contribution in [0.5, 0.6) is 5.75 Å². The van der Waals surface area contributed by atoms with Crippen molar-refractivity contribution in [2.75, 3.05) is 6.61 Å². The minimum Gasteiger partial charge on any atom is -0.478 e. The van der Waals surface area contributed by atoms with Crippen LogP contribution in [-0.2, 0) is 9.53 Å². The summed E-state index contributed by atoms with van der Waals surface area (Å²) in [6.45, 7) is -0.591. The predicted molar refractivity (Wildman–Crippen MR) is 87.3 cm³/mol. The zero-order valence-electron chi connectivity index (χ0n) is 13.4. The Hall–Kier alpha value is -2.43. The molecule has 5 atom stereocenters. The lowest BCUT2D eigenvalue weighted by Crippen LogP contribution is -2.60. The highest BCUT2D eigenvalue weighted by Crippen LogP contribution is 2.34. The smallest absolute Gasteiger partial charge is 0.328 e. The van der Waals surface area contributed by atoms with Crippen LogP contribution >= 0.6 is 0 Å². The lowest BCUT2D eigenvalue weighted by molar-refractivity contribution is -0.277. The summed E-state index contributed by atoms with van der Waals surface area (Å²) in [5.41, 5.74) is 0.829. The van der Waals surface area contributed by atoms with Crippen LogP contribution in [0, 0.1) is 0 Å². The van der Waals surface area contributed by atoms with Crippen molar-refractivity contribution in [1.29, 1.82) is 0 Å². The molecular formula is C17H18O9. The van der Waals surface area contributed by atoms with E-state index in [1.165, 1.54) is 12.3 Å². The molecule has 0 unspecified atom stereocenters.